The van der Waals surface area contributed by atoms with Crippen molar-refractivity contribution < 1.29 is 13.6 Å². The van der Waals surface area contributed by atoms with Crippen LogP contribution in [0.25, 0.3) is 16.2 Å². The highest BCUT2D eigenvalue weighted by molar-refractivity contribution is 7.18. The number of pyridine rings is 1. The van der Waals surface area contributed by atoms with Crippen LogP contribution >= 0.6 is 11.3 Å². The van der Waals surface area contributed by atoms with Gasteiger partial charge < -0.3 is 16.4 Å². The van der Waals surface area contributed by atoms with Crippen molar-refractivity contribution in [3.63, 3.8) is 0 Å². The average Bonchev–Trinajstić information content (AvgIpc) is 3.69. The van der Waals surface area contributed by atoms with Gasteiger partial charge >= 0.3 is 0 Å². The molecule has 1 aliphatic heterocycles. The number of carbonyl (C=O) groups is 1. The summed E-state index contributed by atoms with van der Waals surface area (Å²) in [6.45, 7) is 3.10. The number of nitrogens with one attached hydrogen (secondary N) is 2. The summed E-state index contributed by atoms with van der Waals surface area (Å²) in [4.78, 5) is 25.0. The number of nitrogen functional groups attached to an aromatic ring is 1. The zero-order valence-corrected chi connectivity index (χ0v) is 21.6. The molecule has 5 aromatic rings. The average molecular weight is 546 g/mol. The van der Waals surface area contributed by atoms with E-state index in [4.69, 9.17) is 5.73 Å². The molecule has 11 heteroatoms. The van der Waals surface area contributed by atoms with Crippen LogP contribution in [0.5, 0.6) is 0 Å². The second kappa shape index (κ2) is 10.4. The van der Waals surface area contributed by atoms with E-state index in [0.29, 0.717) is 5.13 Å². The molecule has 0 spiro atoms. The molecule has 0 atom stereocenters. The lowest BCUT2D eigenvalue weighted by Crippen LogP contribution is -2.18. The second-order valence-electron chi connectivity index (χ2n) is 9.36. The Labute approximate surface area is 227 Å². The maximum Gasteiger partial charge on any atom is 0.255 e. The summed E-state index contributed by atoms with van der Waals surface area (Å²) in [6, 6.07) is 12.2. The first kappa shape index (κ1) is 25.0. The number of hydrogen-bond donors (Lipinski definition) is 3. The molecule has 4 N–H and O–H groups in total. The normalized spacial score (nSPS) is 13.7. The molecule has 0 aliphatic carbocycles. The number of carbonyl (C=O) groups excluding carboxylic acids is 1. The molecule has 0 radical (unpaired) electrons. The molecule has 0 saturated carbocycles. The van der Waals surface area contributed by atoms with Crippen molar-refractivity contribution in [3.8, 4) is 10.6 Å². The Balaban J connectivity index is 1.18. The number of hydrogen-bond acceptors (Lipinski definition) is 7. The van der Waals surface area contributed by atoms with Gasteiger partial charge in [0, 0.05) is 30.1 Å². The van der Waals surface area contributed by atoms with Crippen LogP contribution in [0, 0.1) is 11.6 Å². The number of imidazole rings is 1. The minimum Gasteiger partial charge on any atom is -0.397 e. The highest BCUT2D eigenvalue weighted by Crippen LogP contribution is 2.33. The van der Waals surface area contributed by atoms with Gasteiger partial charge in [0.05, 0.1) is 28.1 Å². The summed E-state index contributed by atoms with van der Waals surface area (Å²) < 4.78 is 31.0. The van der Waals surface area contributed by atoms with E-state index < -0.39 is 17.5 Å². The van der Waals surface area contributed by atoms with E-state index in [1.807, 2.05) is 18.5 Å². The lowest BCUT2D eigenvalue weighted by Gasteiger charge is -2.15. The third kappa shape index (κ3) is 5.06. The molecule has 39 heavy (non-hydrogen) atoms. The van der Waals surface area contributed by atoms with Crippen molar-refractivity contribution in [3.05, 3.63) is 89.9 Å². The van der Waals surface area contributed by atoms with E-state index >= 15 is 0 Å². The number of para-hydroxylation sites is 1. The highest BCUT2D eigenvalue weighted by Gasteiger charge is 2.18. The monoisotopic (exact) mass is 545 g/mol. The number of thiazole rings is 1. The lowest BCUT2D eigenvalue weighted by molar-refractivity contribution is 0.102. The molecule has 1 aliphatic rings. The molecular weight excluding hydrogens is 520 g/mol. The first-order chi connectivity index (χ1) is 19.0. The van der Waals surface area contributed by atoms with Gasteiger partial charge in [-0.3, -0.25) is 14.1 Å². The first-order valence-electron chi connectivity index (χ1n) is 12.5. The number of anilines is 4. The number of fused-ring (bicyclic) bond motifs is 1. The molecule has 3 aromatic heterocycles. The van der Waals surface area contributed by atoms with E-state index in [1.54, 1.807) is 6.20 Å². The molecule has 2 aromatic carbocycles. The van der Waals surface area contributed by atoms with Crippen LogP contribution in [0.2, 0.25) is 0 Å². The molecule has 6 rings (SSSR count). The van der Waals surface area contributed by atoms with Crippen LogP contribution in [0.15, 0.2) is 67.1 Å². The molecule has 8 nitrogen and oxygen atoms in total. The van der Waals surface area contributed by atoms with Gasteiger partial charge in [0.15, 0.2) is 5.13 Å². The van der Waals surface area contributed by atoms with Crippen molar-refractivity contribution in [2.45, 2.75) is 19.4 Å². The zero-order valence-electron chi connectivity index (χ0n) is 20.8. The van der Waals surface area contributed by atoms with Crippen molar-refractivity contribution in [2.24, 2.45) is 0 Å². The van der Waals surface area contributed by atoms with E-state index in [9.17, 15) is 13.6 Å². The SMILES string of the molecule is Nc1cccc(F)c1NC(=O)c1ccc(Nc2ncc(-c3cnc4c(CN5CCCC5)cccn34)s2)c(F)c1. The van der Waals surface area contributed by atoms with E-state index in [1.165, 1.54) is 60.1 Å². The Hall–Kier alpha value is -4.35. The molecular formula is C28H25F2N7OS. The summed E-state index contributed by atoms with van der Waals surface area (Å²) in [5.74, 6) is -2.00. The Morgan fingerprint density at radius 3 is 2.67 bits per heavy atom. The second-order valence-corrected chi connectivity index (χ2v) is 10.4. The predicted octanol–water partition coefficient (Wildman–Crippen LogP) is 5.91. The standard InChI is InChI=1S/C28H25F2N7OS/c29-19-6-3-7-21(31)25(19)35-27(38)17-8-9-22(20(30)13-17)34-28-33-15-24(39-28)23-14-32-26-18(5-4-12-37(23)26)16-36-10-1-2-11-36/h3-9,12-15H,1-2,10-11,16,31H2,(H,33,34)(H,35,38). The van der Waals surface area contributed by atoms with Crippen LogP contribution in [-0.2, 0) is 6.54 Å². The fourth-order valence-corrected chi connectivity index (χ4v) is 5.57. The van der Waals surface area contributed by atoms with Crippen molar-refractivity contribution >= 4 is 45.1 Å². The van der Waals surface area contributed by atoms with E-state index in [-0.39, 0.29) is 22.6 Å². The summed E-state index contributed by atoms with van der Waals surface area (Å²) in [6.07, 6.45) is 8.01. The Morgan fingerprint density at radius 2 is 1.87 bits per heavy atom. The smallest absolute Gasteiger partial charge is 0.255 e. The first-order valence-corrected chi connectivity index (χ1v) is 13.3. The summed E-state index contributed by atoms with van der Waals surface area (Å²) in [5, 5.41) is 5.87. The van der Waals surface area contributed by atoms with Gasteiger partial charge in [-0.25, -0.2) is 18.7 Å². The van der Waals surface area contributed by atoms with E-state index in [0.717, 1.165) is 41.9 Å². The van der Waals surface area contributed by atoms with Gasteiger partial charge in [0.2, 0.25) is 0 Å². The minimum absolute atomic E-state index is 0.0241. The Morgan fingerprint density at radius 1 is 1.03 bits per heavy atom. The number of aromatic nitrogens is 3. The summed E-state index contributed by atoms with van der Waals surface area (Å²) in [7, 11) is 0. The van der Waals surface area contributed by atoms with Crippen LogP contribution in [0.4, 0.5) is 31.0 Å². The number of halogens is 2. The number of benzene rings is 2. The van der Waals surface area contributed by atoms with Gasteiger partial charge in [-0.2, -0.15) is 0 Å². The maximum atomic E-state index is 14.9. The van der Waals surface area contributed by atoms with Crippen LogP contribution in [0.1, 0.15) is 28.8 Å². The molecule has 1 saturated heterocycles. The fraction of sp³-hybridized carbons (Fsp3) is 0.179. The zero-order chi connectivity index (χ0) is 26.9. The minimum atomic E-state index is -0.675. The molecule has 0 bridgehead atoms. The van der Waals surface area contributed by atoms with Crippen molar-refractivity contribution in [2.75, 3.05) is 29.5 Å². The van der Waals surface area contributed by atoms with E-state index in [2.05, 4.69) is 36.0 Å². The van der Waals surface area contributed by atoms with Gasteiger partial charge in [-0.1, -0.05) is 23.5 Å². The third-order valence-electron chi connectivity index (χ3n) is 6.72. The van der Waals surface area contributed by atoms with Crippen LogP contribution in [0.3, 0.4) is 0 Å². The number of amides is 1. The van der Waals surface area contributed by atoms with Gasteiger partial charge in [0.1, 0.15) is 23.0 Å². The molecule has 0 unspecified atom stereocenters. The fourth-order valence-electron chi connectivity index (χ4n) is 4.74. The largest absolute Gasteiger partial charge is 0.397 e. The molecule has 198 valence electrons. The van der Waals surface area contributed by atoms with Gasteiger partial charge in [-0.15, -0.1) is 0 Å². The number of rotatable bonds is 7. The van der Waals surface area contributed by atoms with Gasteiger partial charge in [-0.05, 0) is 62.3 Å². The summed E-state index contributed by atoms with van der Waals surface area (Å²) >= 11 is 1.37. The number of likely N-dealkylation sites (tertiary alicyclic amines) is 1. The Kier molecular flexibility index (Phi) is 6.67. The van der Waals surface area contributed by atoms with Gasteiger partial charge in [0.25, 0.3) is 5.91 Å². The number of nitrogens with two attached hydrogens (primary N) is 1. The van der Waals surface area contributed by atoms with Crippen LogP contribution in [-0.4, -0.2) is 38.3 Å². The predicted molar refractivity (Wildman–Crippen MR) is 149 cm³/mol. The topological polar surface area (TPSA) is 101 Å². The van der Waals surface area contributed by atoms with Crippen molar-refractivity contribution in [1.29, 1.82) is 0 Å². The molecule has 1 amide bonds. The lowest BCUT2D eigenvalue weighted by atomic mass is 10.1. The quantitative estimate of drug-likeness (QED) is 0.220. The van der Waals surface area contributed by atoms with Crippen LogP contribution < -0.4 is 16.4 Å². The third-order valence-corrected chi connectivity index (χ3v) is 7.66. The Bertz CT molecular complexity index is 1660. The number of nitrogens with zero attached hydrogens (tertiary/aromatic N) is 4. The maximum absolute atomic E-state index is 14.9. The molecule has 4 heterocycles. The molecule has 1 fully saturated rings. The summed E-state index contributed by atoms with van der Waals surface area (Å²) in [5.41, 5.74) is 8.86. The highest BCUT2D eigenvalue weighted by atomic mass is 32.1. The van der Waals surface area contributed by atoms with Crippen molar-refractivity contribution in [1.82, 2.24) is 19.3 Å².